The number of hydrogen-bond acceptors (Lipinski definition) is 2. The summed E-state index contributed by atoms with van der Waals surface area (Å²) < 4.78 is 0. The van der Waals surface area contributed by atoms with Gasteiger partial charge >= 0.3 is 0 Å². The molecule has 3 N–H and O–H groups in total. The van der Waals surface area contributed by atoms with Crippen LogP contribution in [0, 0.1) is 0 Å². The molecule has 3 nitrogen and oxygen atoms in total. The van der Waals surface area contributed by atoms with Crippen LogP contribution in [-0.4, -0.2) is 18.5 Å². The third-order valence-electron chi connectivity index (χ3n) is 1.47. The maximum Gasteiger partial charge on any atom is 0.239 e. The monoisotopic (exact) mass is 114 g/mol. The zero-order chi connectivity index (χ0) is 6.20. The van der Waals surface area contributed by atoms with E-state index in [9.17, 15) is 4.79 Å². The van der Waals surface area contributed by atoms with E-state index in [4.69, 9.17) is 5.73 Å². The summed E-state index contributed by atoms with van der Waals surface area (Å²) in [5, 5.41) is 2.50. The van der Waals surface area contributed by atoms with E-state index in [0.29, 0.717) is 0 Å². The first kappa shape index (κ1) is 5.56. The zero-order valence-electron chi connectivity index (χ0n) is 4.90. The Morgan fingerprint density at radius 2 is 2.25 bits per heavy atom. The summed E-state index contributed by atoms with van der Waals surface area (Å²) >= 11 is 0. The minimum absolute atomic E-state index is 0.0301. The molecule has 0 aromatic carbocycles. The molecule has 1 saturated carbocycles. The van der Waals surface area contributed by atoms with Crippen molar-refractivity contribution in [3.63, 3.8) is 0 Å². The van der Waals surface area contributed by atoms with Crippen molar-refractivity contribution in [2.45, 2.75) is 18.4 Å². The molecule has 1 rings (SSSR count). The van der Waals surface area contributed by atoms with Crippen LogP contribution in [-0.2, 0) is 4.79 Å². The molecular weight excluding hydrogens is 104 g/mol. The average molecular weight is 114 g/mol. The molecule has 8 heavy (non-hydrogen) atoms. The van der Waals surface area contributed by atoms with Gasteiger partial charge in [-0.1, -0.05) is 0 Å². The topological polar surface area (TPSA) is 55.1 Å². The molecule has 0 atom stereocenters. The van der Waals surface area contributed by atoms with Gasteiger partial charge in [-0.15, -0.1) is 0 Å². The normalized spacial score (nSPS) is 22.2. The Bertz CT molecular complexity index is 118. The van der Waals surface area contributed by atoms with Crippen LogP contribution in [0.3, 0.4) is 0 Å². The van der Waals surface area contributed by atoms with Crippen molar-refractivity contribution in [2.24, 2.45) is 5.73 Å². The highest BCUT2D eigenvalue weighted by Gasteiger charge is 2.45. The molecule has 1 aliphatic carbocycles. The summed E-state index contributed by atoms with van der Waals surface area (Å²) in [6, 6.07) is 0. The number of likely N-dealkylation sites (N-methyl/N-ethyl adjacent to an activating group) is 1. The van der Waals surface area contributed by atoms with Crippen molar-refractivity contribution in [1.82, 2.24) is 5.32 Å². The van der Waals surface area contributed by atoms with Gasteiger partial charge in [0.25, 0.3) is 0 Å². The molecule has 1 fully saturated rings. The second-order valence-corrected chi connectivity index (χ2v) is 2.24. The van der Waals surface area contributed by atoms with Crippen molar-refractivity contribution < 1.29 is 4.79 Å². The van der Waals surface area contributed by atoms with Crippen LogP contribution in [0.5, 0.6) is 0 Å². The standard InChI is InChI=1S/C5H10N2O/c1-7-4(8)5(6)2-3-5/h2-3,6H2,1H3,(H,7,8). The first-order valence-electron chi connectivity index (χ1n) is 2.70. The Balaban J connectivity index is 2.46. The first-order valence-corrected chi connectivity index (χ1v) is 2.70. The van der Waals surface area contributed by atoms with E-state index in [1.165, 1.54) is 0 Å². The Labute approximate surface area is 48.2 Å². The van der Waals surface area contributed by atoms with E-state index in [2.05, 4.69) is 5.32 Å². The van der Waals surface area contributed by atoms with E-state index >= 15 is 0 Å². The summed E-state index contributed by atoms with van der Waals surface area (Å²) in [6.45, 7) is 0. The fraction of sp³-hybridized carbons (Fsp3) is 0.800. The number of rotatable bonds is 1. The third-order valence-corrected chi connectivity index (χ3v) is 1.47. The fourth-order valence-corrected chi connectivity index (χ4v) is 0.611. The van der Waals surface area contributed by atoms with Gasteiger partial charge in [-0.25, -0.2) is 0 Å². The highest BCUT2D eigenvalue weighted by atomic mass is 16.2. The average Bonchev–Trinajstić information content (AvgIpc) is 2.47. The van der Waals surface area contributed by atoms with E-state index in [1.54, 1.807) is 7.05 Å². The summed E-state index contributed by atoms with van der Waals surface area (Å²) in [4.78, 5) is 10.7. The van der Waals surface area contributed by atoms with Gasteiger partial charge in [0.2, 0.25) is 5.91 Å². The molecule has 0 aromatic rings. The first-order chi connectivity index (χ1) is 3.69. The predicted molar refractivity (Wildman–Crippen MR) is 30.2 cm³/mol. The van der Waals surface area contributed by atoms with Crippen molar-refractivity contribution in [1.29, 1.82) is 0 Å². The Hall–Kier alpha value is -0.570. The van der Waals surface area contributed by atoms with Crippen LogP contribution in [0.2, 0.25) is 0 Å². The van der Waals surface area contributed by atoms with Crippen LogP contribution in [0.25, 0.3) is 0 Å². The molecule has 46 valence electrons. The lowest BCUT2D eigenvalue weighted by Gasteiger charge is -2.03. The molecular formula is C5H10N2O. The maximum atomic E-state index is 10.7. The molecule has 0 spiro atoms. The Morgan fingerprint density at radius 1 is 1.75 bits per heavy atom. The summed E-state index contributed by atoms with van der Waals surface area (Å²) in [5.41, 5.74) is 5.00. The van der Waals surface area contributed by atoms with Crippen LogP contribution >= 0.6 is 0 Å². The van der Waals surface area contributed by atoms with Crippen molar-refractivity contribution in [2.75, 3.05) is 7.05 Å². The van der Waals surface area contributed by atoms with Gasteiger partial charge in [0.05, 0.1) is 5.54 Å². The molecule has 1 aliphatic rings. The predicted octanol–water partition coefficient (Wildman–Crippen LogP) is -0.776. The highest BCUT2D eigenvalue weighted by molar-refractivity contribution is 5.88. The summed E-state index contributed by atoms with van der Waals surface area (Å²) in [5.74, 6) is -0.0301. The van der Waals surface area contributed by atoms with Gasteiger partial charge in [0.1, 0.15) is 0 Å². The van der Waals surface area contributed by atoms with Gasteiger partial charge in [-0.3, -0.25) is 4.79 Å². The minimum Gasteiger partial charge on any atom is -0.358 e. The lowest BCUT2D eigenvalue weighted by atomic mass is 10.3. The van der Waals surface area contributed by atoms with Gasteiger partial charge < -0.3 is 11.1 Å². The van der Waals surface area contributed by atoms with Crippen LogP contribution in [0.1, 0.15) is 12.8 Å². The molecule has 0 bridgehead atoms. The summed E-state index contributed by atoms with van der Waals surface area (Å²) in [7, 11) is 1.61. The van der Waals surface area contributed by atoms with Gasteiger partial charge in [0, 0.05) is 7.05 Å². The van der Waals surface area contributed by atoms with E-state index < -0.39 is 5.54 Å². The van der Waals surface area contributed by atoms with Gasteiger partial charge in [-0.2, -0.15) is 0 Å². The molecule has 0 saturated heterocycles. The minimum atomic E-state index is -0.491. The Kier molecular flexibility index (Phi) is 1.01. The Morgan fingerprint density at radius 3 is 2.38 bits per heavy atom. The number of nitrogens with two attached hydrogens (primary N) is 1. The fourth-order valence-electron chi connectivity index (χ4n) is 0.611. The second kappa shape index (κ2) is 1.45. The van der Waals surface area contributed by atoms with Crippen molar-refractivity contribution in [3.05, 3.63) is 0 Å². The molecule has 0 radical (unpaired) electrons. The highest BCUT2D eigenvalue weighted by Crippen LogP contribution is 2.31. The quantitative estimate of drug-likeness (QED) is 0.470. The van der Waals surface area contributed by atoms with Crippen molar-refractivity contribution in [3.8, 4) is 0 Å². The number of amides is 1. The van der Waals surface area contributed by atoms with Crippen LogP contribution in [0.4, 0.5) is 0 Å². The van der Waals surface area contributed by atoms with Crippen LogP contribution in [0.15, 0.2) is 0 Å². The SMILES string of the molecule is CNC(=O)C1(N)CC1. The zero-order valence-corrected chi connectivity index (χ0v) is 4.90. The van der Waals surface area contributed by atoms with Crippen LogP contribution < -0.4 is 11.1 Å². The molecule has 1 amide bonds. The molecule has 3 heteroatoms. The van der Waals surface area contributed by atoms with Gasteiger partial charge in [0.15, 0.2) is 0 Å². The molecule has 0 unspecified atom stereocenters. The van der Waals surface area contributed by atoms with Crippen molar-refractivity contribution >= 4 is 5.91 Å². The maximum absolute atomic E-state index is 10.7. The largest absolute Gasteiger partial charge is 0.358 e. The van der Waals surface area contributed by atoms with E-state index in [0.717, 1.165) is 12.8 Å². The summed E-state index contributed by atoms with van der Waals surface area (Å²) in [6.07, 6.45) is 1.68. The number of carbonyl (C=O) groups excluding carboxylic acids is 1. The number of carbonyl (C=O) groups is 1. The third kappa shape index (κ3) is 0.690. The van der Waals surface area contributed by atoms with E-state index in [-0.39, 0.29) is 5.91 Å². The lowest BCUT2D eigenvalue weighted by Crippen LogP contribution is -2.40. The van der Waals surface area contributed by atoms with Gasteiger partial charge in [-0.05, 0) is 12.8 Å². The molecule has 0 aliphatic heterocycles. The molecule has 0 aromatic heterocycles. The number of hydrogen-bond donors (Lipinski definition) is 2. The smallest absolute Gasteiger partial charge is 0.239 e. The number of nitrogens with one attached hydrogen (secondary N) is 1. The lowest BCUT2D eigenvalue weighted by molar-refractivity contribution is -0.122. The molecule has 0 heterocycles. The van der Waals surface area contributed by atoms with E-state index in [1.807, 2.05) is 0 Å². The second-order valence-electron chi connectivity index (χ2n) is 2.24.